The third-order valence-corrected chi connectivity index (χ3v) is 3.52. The normalized spacial score (nSPS) is 10.8. The first-order chi connectivity index (χ1) is 9.15. The van der Waals surface area contributed by atoms with Gasteiger partial charge in [-0.2, -0.15) is 0 Å². The largest absolute Gasteiger partial charge is 0.397 e. The van der Waals surface area contributed by atoms with Crippen molar-refractivity contribution in [3.63, 3.8) is 0 Å². The van der Waals surface area contributed by atoms with Crippen molar-refractivity contribution >= 4 is 38.6 Å². The molecule has 0 unspecified atom stereocenters. The number of nitrogen functional groups attached to an aromatic ring is 1. The Hall–Kier alpha value is -2.21. The molecule has 0 saturated heterocycles. The molecular weight excluding hydrogens is 268 g/mol. The Bertz CT molecular complexity index is 755. The van der Waals surface area contributed by atoms with Crippen LogP contribution in [0, 0.1) is 11.6 Å². The number of halogens is 2. The van der Waals surface area contributed by atoms with Crippen LogP contribution >= 0.6 is 11.3 Å². The Kier molecular flexibility index (Phi) is 2.79. The molecule has 0 amide bonds. The Morgan fingerprint density at radius 3 is 2.84 bits per heavy atom. The van der Waals surface area contributed by atoms with Crippen molar-refractivity contribution in [3.8, 4) is 0 Å². The second-order valence-corrected chi connectivity index (χ2v) is 4.87. The quantitative estimate of drug-likeness (QED) is 0.698. The first-order valence-electron chi connectivity index (χ1n) is 5.49. The Morgan fingerprint density at radius 1 is 1.16 bits per heavy atom. The maximum Gasteiger partial charge on any atom is 0.184 e. The summed E-state index contributed by atoms with van der Waals surface area (Å²) in [5.74, 6) is -1.92. The van der Waals surface area contributed by atoms with E-state index in [1.54, 1.807) is 11.6 Å². The number of aromatic nitrogens is 1. The fraction of sp³-hybridized carbons (Fsp3) is 0. The van der Waals surface area contributed by atoms with Crippen LogP contribution in [0.3, 0.4) is 0 Å². The highest BCUT2D eigenvalue weighted by Gasteiger charge is 2.12. The summed E-state index contributed by atoms with van der Waals surface area (Å²) in [6.07, 6.45) is 0. The van der Waals surface area contributed by atoms with E-state index in [4.69, 9.17) is 5.73 Å². The van der Waals surface area contributed by atoms with Gasteiger partial charge in [-0.3, -0.25) is 0 Å². The van der Waals surface area contributed by atoms with Gasteiger partial charge in [-0.05, 0) is 30.3 Å². The van der Waals surface area contributed by atoms with Crippen LogP contribution in [-0.4, -0.2) is 4.98 Å². The molecule has 0 radical (unpaired) electrons. The molecule has 0 aliphatic carbocycles. The number of nitrogens with one attached hydrogen (secondary N) is 1. The number of benzene rings is 2. The van der Waals surface area contributed by atoms with E-state index in [-0.39, 0.29) is 11.4 Å². The van der Waals surface area contributed by atoms with E-state index in [0.29, 0.717) is 5.69 Å². The van der Waals surface area contributed by atoms with E-state index in [0.717, 1.165) is 16.3 Å². The van der Waals surface area contributed by atoms with Crippen LogP contribution in [0.4, 0.5) is 25.8 Å². The molecule has 3 rings (SSSR count). The maximum absolute atomic E-state index is 13.7. The molecule has 0 aliphatic heterocycles. The average Bonchev–Trinajstić information content (AvgIpc) is 2.86. The SMILES string of the molecule is Nc1ccc(F)c(F)c1Nc1ccc2ncsc2c1. The van der Waals surface area contributed by atoms with E-state index in [1.165, 1.54) is 17.4 Å². The summed E-state index contributed by atoms with van der Waals surface area (Å²) in [4.78, 5) is 4.15. The predicted octanol–water partition coefficient (Wildman–Crippen LogP) is 3.90. The van der Waals surface area contributed by atoms with E-state index in [1.807, 2.05) is 12.1 Å². The molecule has 19 heavy (non-hydrogen) atoms. The highest BCUT2D eigenvalue weighted by atomic mass is 32.1. The minimum atomic E-state index is -0.982. The Labute approximate surface area is 111 Å². The van der Waals surface area contributed by atoms with Crippen molar-refractivity contribution in [1.82, 2.24) is 4.98 Å². The van der Waals surface area contributed by atoms with E-state index >= 15 is 0 Å². The summed E-state index contributed by atoms with van der Waals surface area (Å²) in [6, 6.07) is 7.69. The smallest absolute Gasteiger partial charge is 0.184 e. The van der Waals surface area contributed by atoms with Crippen LogP contribution in [0.5, 0.6) is 0 Å². The number of hydrogen-bond acceptors (Lipinski definition) is 4. The van der Waals surface area contributed by atoms with Gasteiger partial charge in [0.2, 0.25) is 0 Å². The highest BCUT2D eigenvalue weighted by Crippen LogP contribution is 2.30. The van der Waals surface area contributed by atoms with Crippen molar-refractivity contribution in [1.29, 1.82) is 0 Å². The van der Waals surface area contributed by atoms with Crippen LogP contribution in [0.25, 0.3) is 10.2 Å². The molecule has 1 heterocycles. The molecule has 6 heteroatoms. The number of nitrogens with two attached hydrogens (primary N) is 1. The minimum Gasteiger partial charge on any atom is -0.397 e. The van der Waals surface area contributed by atoms with Gasteiger partial charge in [-0.25, -0.2) is 13.8 Å². The van der Waals surface area contributed by atoms with E-state index < -0.39 is 11.6 Å². The van der Waals surface area contributed by atoms with Crippen LogP contribution in [0.15, 0.2) is 35.8 Å². The first-order valence-corrected chi connectivity index (χ1v) is 6.37. The third-order valence-electron chi connectivity index (χ3n) is 2.73. The van der Waals surface area contributed by atoms with Gasteiger partial charge >= 0.3 is 0 Å². The van der Waals surface area contributed by atoms with E-state index in [2.05, 4.69) is 10.3 Å². The second kappa shape index (κ2) is 4.47. The highest BCUT2D eigenvalue weighted by molar-refractivity contribution is 7.16. The summed E-state index contributed by atoms with van der Waals surface area (Å²) < 4.78 is 27.8. The van der Waals surface area contributed by atoms with Crippen molar-refractivity contribution in [2.75, 3.05) is 11.1 Å². The van der Waals surface area contributed by atoms with Gasteiger partial charge in [0.15, 0.2) is 11.6 Å². The van der Waals surface area contributed by atoms with Gasteiger partial charge in [-0.1, -0.05) is 0 Å². The van der Waals surface area contributed by atoms with E-state index in [9.17, 15) is 8.78 Å². The lowest BCUT2D eigenvalue weighted by Gasteiger charge is -2.10. The fourth-order valence-electron chi connectivity index (χ4n) is 1.77. The summed E-state index contributed by atoms with van der Waals surface area (Å²) in [5, 5.41) is 2.80. The standard InChI is InChI=1S/C13H9F2N3S/c14-8-2-3-9(16)13(12(8)15)18-7-1-4-10-11(5-7)19-6-17-10/h1-6,18H,16H2. The van der Waals surface area contributed by atoms with Crippen molar-refractivity contribution in [2.24, 2.45) is 0 Å². The fourth-order valence-corrected chi connectivity index (χ4v) is 2.49. The summed E-state index contributed by atoms with van der Waals surface area (Å²) in [6.45, 7) is 0. The lowest BCUT2D eigenvalue weighted by Crippen LogP contribution is -2.01. The van der Waals surface area contributed by atoms with Gasteiger partial charge in [-0.15, -0.1) is 11.3 Å². The first kappa shape index (κ1) is 11.9. The molecular formula is C13H9F2N3S. The summed E-state index contributed by atoms with van der Waals surface area (Å²) in [7, 11) is 0. The second-order valence-electron chi connectivity index (χ2n) is 3.99. The zero-order valence-corrected chi connectivity index (χ0v) is 10.5. The van der Waals surface area contributed by atoms with Gasteiger partial charge in [0, 0.05) is 5.69 Å². The number of fused-ring (bicyclic) bond motifs is 1. The number of rotatable bonds is 2. The molecule has 0 saturated carbocycles. The molecule has 1 aromatic heterocycles. The molecule has 0 bridgehead atoms. The van der Waals surface area contributed by atoms with Gasteiger partial charge in [0.05, 0.1) is 21.4 Å². The predicted molar refractivity (Wildman–Crippen MR) is 73.7 cm³/mol. The Balaban J connectivity index is 2.03. The minimum absolute atomic E-state index is 0.0520. The van der Waals surface area contributed by atoms with Crippen LogP contribution in [-0.2, 0) is 0 Å². The molecule has 0 spiro atoms. The zero-order valence-electron chi connectivity index (χ0n) is 9.65. The molecule has 0 aliphatic rings. The van der Waals surface area contributed by atoms with Gasteiger partial charge < -0.3 is 11.1 Å². The van der Waals surface area contributed by atoms with Crippen LogP contribution < -0.4 is 11.1 Å². The molecule has 3 aromatic rings. The summed E-state index contributed by atoms with van der Waals surface area (Å²) >= 11 is 1.47. The third kappa shape index (κ3) is 2.10. The van der Waals surface area contributed by atoms with Crippen molar-refractivity contribution in [2.45, 2.75) is 0 Å². The van der Waals surface area contributed by atoms with Crippen molar-refractivity contribution < 1.29 is 8.78 Å². The number of hydrogen-bond donors (Lipinski definition) is 2. The summed E-state index contributed by atoms with van der Waals surface area (Å²) in [5.41, 5.74) is 8.98. The maximum atomic E-state index is 13.7. The zero-order chi connectivity index (χ0) is 13.4. The van der Waals surface area contributed by atoms with Crippen LogP contribution in [0.1, 0.15) is 0 Å². The monoisotopic (exact) mass is 277 g/mol. The van der Waals surface area contributed by atoms with Crippen LogP contribution in [0.2, 0.25) is 0 Å². The average molecular weight is 277 g/mol. The number of anilines is 3. The molecule has 96 valence electrons. The molecule has 2 aromatic carbocycles. The molecule has 3 N–H and O–H groups in total. The molecule has 0 fully saturated rings. The number of nitrogens with zero attached hydrogens (tertiary/aromatic N) is 1. The lowest BCUT2D eigenvalue weighted by molar-refractivity contribution is 0.512. The molecule has 0 atom stereocenters. The van der Waals surface area contributed by atoms with Gasteiger partial charge in [0.1, 0.15) is 5.69 Å². The van der Waals surface area contributed by atoms with Crippen molar-refractivity contribution in [3.05, 3.63) is 47.5 Å². The topological polar surface area (TPSA) is 50.9 Å². The number of thiazole rings is 1. The lowest BCUT2D eigenvalue weighted by atomic mass is 10.2. The Morgan fingerprint density at radius 2 is 2.00 bits per heavy atom. The molecule has 3 nitrogen and oxygen atoms in total. The van der Waals surface area contributed by atoms with Gasteiger partial charge in [0.25, 0.3) is 0 Å².